The zero-order valence-electron chi connectivity index (χ0n) is 8.05. The molecule has 0 saturated carbocycles. The van der Waals surface area contributed by atoms with E-state index in [1.165, 1.54) is 6.07 Å². The number of nitrogens with one attached hydrogen (secondary N) is 1. The van der Waals surface area contributed by atoms with Crippen molar-refractivity contribution in [1.29, 1.82) is 0 Å². The first kappa shape index (κ1) is 12.6. The number of carboxylic acids is 1. The molecule has 7 heteroatoms. The van der Waals surface area contributed by atoms with Gasteiger partial charge in [-0.15, -0.1) is 0 Å². The van der Waals surface area contributed by atoms with Gasteiger partial charge in [-0.05, 0) is 28.1 Å². The highest BCUT2D eigenvalue weighted by Gasteiger charge is 2.15. The monoisotopic (exact) mass is 288 g/mol. The van der Waals surface area contributed by atoms with E-state index in [1.807, 2.05) is 0 Å². The summed E-state index contributed by atoms with van der Waals surface area (Å²) in [6, 6.07) is 4.76. The first-order valence-electron chi connectivity index (χ1n) is 4.32. The van der Waals surface area contributed by atoms with Crippen LogP contribution in [-0.2, 0) is 4.79 Å². The quantitative estimate of drug-likeness (QED) is 0.679. The minimum absolute atomic E-state index is 0.145. The Labute approximate surface area is 99.4 Å². The van der Waals surface area contributed by atoms with Gasteiger partial charge in [-0.1, -0.05) is 6.07 Å². The second-order valence-corrected chi connectivity index (χ2v) is 3.72. The first-order valence-corrected chi connectivity index (χ1v) is 5.11. The maximum Gasteiger partial charge on any atom is 0.334 e. The summed E-state index contributed by atoms with van der Waals surface area (Å²) < 4.78 is 0.499. The van der Waals surface area contributed by atoms with Crippen LogP contribution in [-0.4, -0.2) is 39.7 Å². The summed E-state index contributed by atoms with van der Waals surface area (Å²) in [6.07, 6.45) is -1.61. The lowest BCUT2D eigenvalue weighted by Crippen LogP contribution is -2.36. The summed E-state index contributed by atoms with van der Waals surface area (Å²) >= 11 is 3.10. The Morgan fingerprint density at radius 2 is 2.19 bits per heavy atom. The number of rotatable bonds is 4. The van der Waals surface area contributed by atoms with Gasteiger partial charge in [0.1, 0.15) is 10.3 Å². The van der Waals surface area contributed by atoms with Crippen molar-refractivity contribution in [2.75, 3.05) is 6.54 Å². The lowest BCUT2D eigenvalue weighted by molar-refractivity contribution is -0.146. The minimum Gasteiger partial charge on any atom is -0.479 e. The van der Waals surface area contributed by atoms with Crippen molar-refractivity contribution in [3.05, 3.63) is 28.5 Å². The average molecular weight is 289 g/mol. The normalized spacial score (nSPS) is 11.9. The molecule has 0 aliphatic heterocycles. The van der Waals surface area contributed by atoms with Gasteiger partial charge in [-0.25, -0.2) is 9.78 Å². The van der Waals surface area contributed by atoms with E-state index < -0.39 is 18.0 Å². The number of carbonyl (C=O) groups is 2. The second kappa shape index (κ2) is 5.57. The van der Waals surface area contributed by atoms with Gasteiger partial charge in [0.2, 0.25) is 0 Å². The molecule has 86 valence electrons. The van der Waals surface area contributed by atoms with Crippen molar-refractivity contribution in [3.63, 3.8) is 0 Å². The molecule has 16 heavy (non-hydrogen) atoms. The van der Waals surface area contributed by atoms with Crippen LogP contribution in [0.2, 0.25) is 0 Å². The van der Waals surface area contributed by atoms with Crippen LogP contribution >= 0.6 is 15.9 Å². The van der Waals surface area contributed by atoms with E-state index in [-0.39, 0.29) is 12.2 Å². The third-order valence-corrected chi connectivity index (χ3v) is 2.13. The van der Waals surface area contributed by atoms with Crippen LogP contribution in [0.15, 0.2) is 22.8 Å². The highest BCUT2D eigenvalue weighted by Crippen LogP contribution is 2.05. The molecule has 0 aliphatic carbocycles. The third kappa shape index (κ3) is 3.59. The van der Waals surface area contributed by atoms with Gasteiger partial charge in [0.15, 0.2) is 6.10 Å². The lowest BCUT2D eigenvalue weighted by Gasteiger charge is -2.07. The fourth-order valence-electron chi connectivity index (χ4n) is 0.902. The number of carboxylic acid groups (broad SMARTS) is 1. The number of aliphatic hydroxyl groups excluding tert-OH is 1. The van der Waals surface area contributed by atoms with Crippen molar-refractivity contribution >= 4 is 27.8 Å². The topological polar surface area (TPSA) is 99.5 Å². The number of aliphatic carboxylic acids is 1. The molecule has 1 amide bonds. The van der Waals surface area contributed by atoms with Crippen LogP contribution in [0.5, 0.6) is 0 Å². The third-order valence-electron chi connectivity index (χ3n) is 1.69. The van der Waals surface area contributed by atoms with Gasteiger partial charge in [-0.3, -0.25) is 4.79 Å². The number of hydrogen-bond acceptors (Lipinski definition) is 4. The predicted molar refractivity (Wildman–Crippen MR) is 57.9 cm³/mol. The van der Waals surface area contributed by atoms with Crippen LogP contribution in [0, 0.1) is 0 Å². The van der Waals surface area contributed by atoms with E-state index in [0.29, 0.717) is 4.60 Å². The van der Waals surface area contributed by atoms with Crippen molar-refractivity contribution in [3.8, 4) is 0 Å². The predicted octanol–water partition coefficient (Wildman–Crippen LogP) is 0.0194. The number of aliphatic hydroxyl groups is 1. The molecule has 0 aromatic carbocycles. The van der Waals surface area contributed by atoms with Crippen molar-refractivity contribution in [1.82, 2.24) is 10.3 Å². The highest BCUT2D eigenvalue weighted by atomic mass is 79.9. The summed E-state index contributed by atoms with van der Waals surface area (Å²) in [5.74, 6) is -1.93. The summed E-state index contributed by atoms with van der Waals surface area (Å²) in [5.41, 5.74) is 0.145. The van der Waals surface area contributed by atoms with Crippen LogP contribution in [0.25, 0.3) is 0 Å². The molecule has 0 aliphatic rings. The zero-order chi connectivity index (χ0) is 12.1. The van der Waals surface area contributed by atoms with Crippen LogP contribution in [0.3, 0.4) is 0 Å². The molecule has 3 N–H and O–H groups in total. The van der Waals surface area contributed by atoms with Crippen molar-refractivity contribution in [2.45, 2.75) is 6.10 Å². The molecule has 6 nitrogen and oxygen atoms in total. The van der Waals surface area contributed by atoms with Crippen LogP contribution in [0.4, 0.5) is 0 Å². The molecule has 1 aromatic rings. The van der Waals surface area contributed by atoms with E-state index in [2.05, 4.69) is 26.2 Å². The van der Waals surface area contributed by atoms with Gasteiger partial charge in [0.05, 0.1) is 6.54 Å². The zero-order valence-corrected chi connectivity index (χ0v) is 9.64. The number of halogens is 1. The minimum atomic E-state index is -1.61. The SMILES string of the molecule is O=C(NC[C@H](O)C(=O)O)c1cccc(Br)n1. The molecule has 0 spiro atoms. The summed E-state index contributed by atoms with van der Waals surface area (Å²) in [7, 11) is 0. The van der Waals surface area contributed by atoms with Gasteiger partial charge in [-0.2, -0.15) is 0 Å². The Hall–Kier alpha value is -1.47. The number of hydrogen-bond donors (Lipinski definition) is 3. The molecular formula is C9H9BrN2O4. The number of pyridine rings is 1. The number of amides is 1. The van der Waals surface area contributed by atoms with Crippen LogP contribution in [0.1, 0.15) is 10.5 Å². The molecule has 0 bridgehead atoms. The number of nitrogens with zero attached hydrogens (tertiary/aromatic N) is 1. The fraction of sp³-hybridized carbons (Fsp3) is 0.222. The Morgan fingerprint density at radius 1 is 1.50 bits per heavy atom. The maximum absolute atomic E-state index is 11.4. The molecule has 0 radical (unpaired) electrons. The van der Waals surface area contributed by atoms with Gasteiger partial charge < -0.3 is 15.5 Å². The second-order valence-electron chi connectivity index (χ2n) is 2.91. The van der Waals surface area contributed by atoms with Gasteiger partial charge in [0, 0.05) is 0 Å². The molecule has 0 unspecified atom stereocenters. The lowest BCUT2D eigenvalue weighted by atomic mass is 10.3. The molecule has 0 saturated heterocycles. The van der Waals surface area contributed by atoms with Crippen LogP contribution < -0.4 is 5.32 Å². The Morgan fingerprint density at radius 3 is 2.75 bits per heavy atom. The molecule has 1 rings (SSSR count). The first-order chi connectivity index (χ1) is 7.50. The standard InChI is InChI=1S/C9H9BrN2O4/c10-7-3-1-2-5(12-7)8(14)11-4-6(13)9(15)16/h1-3,6,13H,4H2,(H,11,14)(H,15,16)/t6-/m0/s1. The highest BCUT2D eigenvalue weighted by molar-refractivity contribution is 9.10. The van der Waals surface area contributed by atoms with Gasteiger partial charge in [0.25, 0.3) is 5.91 Å². The molecular weight excluding hydrogens is 280 g/mol. The summed E-state index contributed by atoms with van der Waals surface area (Å²) in [6.45, 7) is -0.359. The van der Waals surface area contributed by atoms with E-state index >= 15 is 0 Å². The average Bonchev–Trinajstić information content (AvgIpc) is 2.25. The van der Waals surface area contributed by atoms with E-state index in [4.69, 9.17) is 10.2 Å². The Kier molecular flexibility index (Phi) is 4.39. The largest absolute Gasteiger partial charge is 0.479 e. The maximum atomic E-state index is 11.4. The van der Waals surface area contributed by atoms with Crippen molar-refractivity contribution in [2.24, 2.45) is 0 Å². The van der Waals surface area contributed by atoms with Gasteiger partial charge >= 0.3 is 5.97 Å². The summed E-state index contributed by atoms with van der Waals surface area (Å²) in [4.78, 5) is 25.6. The number of aromatic nitrogens is 1. The molecule has 1 atom stereocenters. The fourth-order valence-corrected chi connectivity index (χ4v) is 1.25. The van der Waals surface area contributed by atoms with Crippen molar-refractivity contribution < 1.29 is 19.8 Å². The van der Waals surface area contributed by atoms with E-state index in [9.17, 15) is 9.59 Å². The van der Waals surface area contributed by atoms with E-state index in [0.717, 1.165) is 0 Å². The molecule has 0 fully saturated rings. The Balaban J connectivity index is 2.56. The summed E-state index contributed by atoms with van der Waals surface area (Å²) in [5, 5.41) is 19.6. The van der Waals surface area contributed by atoms with E-state index in [1.54, 1.807) is 12.1 Å². The molecule has 1 aromatic heterocycles. The Bertz CT molecular complexity index is 410. The smallest absolute Gasteiger partial charge is 0.334 e. The number of carbonyl (C=O) groups excluding carboxylic acids is 1. The molecule has 1 heterocycles.